The zero-order chi connectivity index (χ0) is 18.4. The van der Waals surface area contributed by atoms with Crippen LogP contribution in [0.1, 0.15) is 18.9 Å². The minimum absolute atomic E-state index is 0.139. The predicted octanol–water partition coefficient (Wildman–Crippen LogP) is 2.36. The minimum Gasteiger partial charge on any atom is -0.479 e. The number of amides is 2. The van der Waals surface area contributed by atoms with E-state index in [4.69, 9.17) is 4.74 Å². The first kappa shape index (κ1) is 17.6. The number of nitrogens with one attached hydrogen (secondary N) is 1. The molecule has 5 nitrogen and oxygen atoms in total. The van der Waals surface area contributed by atoms with Crippen molar-refractivity contribution in [2.45, 2.75) is 19.4 Å². The Kier molecular flexibility index (Phi) is 5.55. The van der Waals surface area contributed by atoms with Gasteiger partial charge in [-0.2, -0.15) is 0 Å². The van der Waals surface area contributed by atoms with E-state index < -0.39 is 6.10 Å². The van der Waals surface area contributed by atoms with Crippen molar-refractivity contribution >= 4 is 17.5 Å². The van der Waals surface area contributed by atoms with Crippen LogP contribution in [0.3, 0.4) is 0 Å². The molecule has 26 heavy (non-hydrogen) atoms. The number of nitrogens with zero attached hydrogens (tertiary/aromatic N) is 1. The number of anilines is 1. The van der Waals surface area contributed by atoms with E-state index in [-0.39, 0.29) is 24.8 Å². The van der Waals surface area contributed by atoms with Crippen LogP contribution in [0.4, 0.5) is 5.69 Å². The number of hydrogen-bond donors (Lipinski definition) is 1. The number of carbonyl (C=O) groups excluding carboxylic acids is 2. The summed E-state index contributed by atoms with van der Waals surface area (Å²) in [5, 5.41) is 2.76. The Hall–Kier alpha value is -3.26. The van der Waals surface area contributed by atoms with Gasteiger partial charge in [0.25, 0.3) is 5.91 Å². The molecule has 1 atom stereocenters. The van der Waals surface area contributed by atoms with E-state index in [1.807, 2.05) is 54.6 Å². The Bertz CT molecular complexity index is 852. The highest BCUT2D eigenvalue weighted by molar-refractivity contribution is 6.00. The molecule has 1 unspecified atom stereocenters. The number of fused-ring (bicyclic) bond motifs is 1. The molecule has 2 aromatic carbocycles. The highest BCUT2D eigenvalue weighted by atomic mass is 16.5. The largest absolute Gasteiger partial charge is 0.479 e. The topological polar surface area (TPSA) is 58.6 Å². The molecule has 2 amide bonds. The van der Waals surface area contributed by atoms with E-state index in [9.17, 15) is 9.59 Å². The first-order chi connectivity index (χ1) is 12.6. The summed E-state index contributed by atoms with van der Waals surface area (Å²) >= 11 is 0. The van der Waals surface area contributed by atoms with Crippen molar-refractivity contribution in [2.24, 2.45) is 0 Å². The Morgan fingerprint density at radius 1 is 1.15 bits per heavy atom. The summed E-state index contributed by atoms with van der Waals surface area (Å²) in [6.45, 7) is 2.30. The van der Waals surface area contributed by atoms with Crippen LogP contribution in [-0.2, 0) is 9.59 Å². The Morgan fingerprint density at radius 3 is 2.69 bits per heavy atom. The van der Waals surface area contributed by atoms with E-state index >= 15 is 0 Å². The maximum atomic E-state index is 12.4. The molecule has 132 valence electrons. The first-order valence-corrected chi connectivity index (χ1v) is 8.53. The zero-order valence-corrected chi connectivity index (χ0v) is 14.6. The van der Waals surface area contributed by atoms with Crippen molar-refractivity contribution in [1.82, 2.24) is 5.32 Å². The number of rotatable bonds is 4. The highest BCUT2D eigenvalue weighted by Gasteiger charge is 2.31. The van der Waals surface area contributed by atoms with Gasteiger partial charge in [-0.25, -0.2) is 0 Å². The van der Waals surface area contributed by atoms with Gasteiger partial charge in [-0.1, -0.05) is 42.2 Å². The average molecular weight is 348 g/mol. The van der Waals surface area contributed by atoms with Crippen molar-refractivity contribution in [3.63, 3.8) is 0 Å². The lowest BCUT2D eigenvalue weighted by molar-refractivity contribution is -0.125. The fraction of sp³-hybridized carbons (Fsp3) is 0.238. The van der Waals surface area contributed by atoms with Gasteiger partial charge < -0.3 is 15.0 Å². The second-order valence-electron chi connectivity index (χ2n) is 5.91. The molecule has 0 spiro atoms. The maximum absolute atomic E-state index is 12.4. The quantitative estimate of drug-likeness (QED) is 0.863. The molecular weight excluding hydrogens is 328 g/mol. The molecule has 1 aliphatic heterocycles. The van der Waals surface area contributed by atoms with Crippen LogP contribution < -0.4 is 15.0 Å². The summed E-state index contributed by atoms with van der Waals surface area (Å²) in [7, 11) is 0. The van der Waals surface area contributed by atoms with Crippen LogP contribution in [0, 0.1) is 11.8 Å². The molecule has 0 aromatic heterocycles. The number of ether oxygens (including phenoxy) is 1. The van der Waals surface area contributed by atoms with Gasteiger partial charge in [0.15, 0.2) is 6.10 Å². The van der Waals surface area contributed by atoms with E-state index in [1.165, 1.54) is 0 Å². The number of para-hydroxylation sites is 2. The monoisotopic (exact) mass is 348 g/mol. The molecule has 1 aliphatic rings. The lowest BCUT2D eigenvalue weighted by Crippen LogP contribution is -2.45. The lowest BCUT2D eigenvalue weighted by Gasteiger charge is -2.32. The second-order valence-corrected chi connectivity index (χ2v) is 5.91. The van der Waals surface area contributed by atoms with Gasteiger partial charge in [-0.05, 0) is 31.2 Å². The van der Waals surface area contributed by atoms with Gasteiger partial charge in [0, 0.05) is 18.5 Å². The molecule has 0 saturated heterocycles. The molecular formula is C21H20N2O3. The highest BCUT2D eigenvalue weighted by Crippen LogP contribution is 2.33. The van der Waals surface area contributed by atoms with Crippen molar-refractivity contribution < 1.29 is 14.3 Å². The van der Waals surface area contributed by atoms with Gasteiger partial charge in [-0.3, -0.25) is 9.59 Å². The third kappa shape index (κ3) is 4.22. The summed E-state index contributed by atoms with van der Waals surface area (Å²) < 4.78 is 5.59. The van der Waals surface area contributed by atoms with E-state index in [1.54, 1.807) is 11.8 Å². The standard InChI is InChI=1S/C21H20N2O3/c1-16-21(25)23(18-11-5-6-12-19(18)26-16)15-13-20(24)22-14-7-10-17-8-3-2-4-9-17/h2-6,8-9,11-12,16H,13-15H2,1H3,(H,22,24). The average Bonchev–Trinajstić information content (AvgIpc) is 2.66. The van der Waals surface area contributed by atoms with Gasteiger partial charge in [-0.15, -0.1) is 0 Å². The Morgan fingerprint density at radius 2 is 1.88 bits per heavy atom. The third-order valence-corrected chi connectivity index (χ3v) is 4.02. The fourth-order valence-corrected chi connectivity index (χ4v) is 2.70. The van der Waals surface area contributed by atoms with Crippen LogP contribution in [0.15, 0.2) is 54.6 Å². The molecule has 0 fully saturated rings. The molecule has 0 aliphatic carbocycles. The second kappa shape index (κ2) is 8.21. The summed E-state index contributed by atoms with van der Waals surface area (Å²) in [4.78, 5) is 26.0. The number of carbonyl (C=O) groups is 2. The lowest BCUT2D eigenvalue weighted by atomic mass is 10.1. The molecule has 0 saturated carbocycles. The summed E-state index contributed by atoms with van der Waals surface area (Å²) in [6, 6.07) is 16.9. The van der Waals surface area contributed by atoms with E-state index in [0.29, 0.717) is 18.0 Å². The van der Waals surface area contributed by atoms with Crippen molar-refractivity contribution in [1.29, 1.82) is 0 Å². The van der Waals surface area contributed by atoms with Crippen molar-refractivity contribution in [2.75, 3.05) is 18.0 Å². The predicted molar refractivity (Wildman–Crippen MR) is 99.8 cm³/mol. The molecule has 5 heteroatoms. The van der Waals surface area contributed by atoms with Crippen LogP contribution in [0.2, 0.25) is 0 Å². The molecule has 2 aromatic rings. The number of benzene rings is 2. The molecule has 1 heterocycles. The molecule has 0 radical (unpaired) electrons. The third-order valence-electron chi connectivity index (χ3n) is 4.02. The first-order valence-electron chi connectivity index (χ1n) is 8.53. The minimum atomic E-state index is -0.551. The smallest absolute Gasteiger partial charge is 0.267 e. The van der Waals surface area contributed by atoms with E-state index in [0.717, 1.165) is 5.56 Å². The SMILES string of the molecule is CC1Oc2ccccc2N(CCC(=O)NCC#Cc2ccccc2)C1=O. The fourth-order valence-electron chi connectivity index (χ4n) is 2.70. The molecule has 3 rings (SSSR count). The Balaban J connectivity index is 1.53. The molecule has 1 N–H and O–H groups in total. The van der Waals surface area contributed by atoms with Gasteiger partial charge >= 0.3 is 0 Å². The molecule has 0 bridgehead atoms. The van der Waals surface area contributed by atoms with E-state index in [2.05, 4.69) is 17.2 Å². The van der Waals surface area contributed by atoms with Gasteiger partial charge in [0.2, 0.25) is 5.91 Å². The Labute approximate surface area is 153 Å². The summed E-state index contributed by atoms with van der Waals surface area (Å²) in [5.74, 6) is 6.29. The summed E-state index contributed by atoms with van der Waals surface area (Å²) in [6.07, 6.45) is -0.343. The normalized spacial score (nSPS) is 15.3. The van der Waals surface area contributed by atoms with Crippen molar-refractivity contribution in [3.8, 4) is 17.6 Å². The maximum Gasteiger partial charge on any atom is 0.267 e. The van der Waals surface area contributed by atoms with Crippen LogP contribution in [0.25, 0.3) is 0 Å². The van der Waals surface area contributed by atoms with Gasteiger partial charge in [0.1, 0.15) is 5.75 Å². The van der Waals surface area contributed by atoms with Crippen LogP contribution in [0.5, 0.6) is 5.75 Å². The van der Waals surface area contributed by atoms with Crippen LogP contribution in [-0.4, -0.2) is 31.0 Å². The summed E-state index contributed by atoms with van der Waals surface area (Å²) in [5.41, 5.74) is 1.61. The number of hydrogen-bond acceptors (Lipinski definition) is 3. The zero-order valence-electron chi connectivity index (χ0n) is 14.6. The van der Waals surface area contributed by atoms with Crippen molar-refractivity contribution in [3.05, 3.63) is 60.2 Å². The van der Waals surface area contributed by atoms with Gasteiger partial charge in [0.05, 0.1) is 12.2 Å². The van der Waals surface area contributed by atoms with Crippen LogP contribution >= 0.6 is 0 Å².